The molecule has 5 nitrogen and oxygen atoms in total. The minimum Gasteiger partial charge on any atom is -0.457 e. The van der Waals surface area contributed by atoms with E-state index in [1.165, 1.54) is 17.8 Å². The van der Waals surface area contributed by atoms with Crippen molar-refractivity contribution in [2.45, 2.75) is 6.92 Å². The van der Waals surface area contributed by atoms with E-state index in [1.807, 2.05) is 12.1 Å². The van der Waals surface area contributed by atoms with Gasteiger partial charge in [0.2, 0.25) is 5.91 Å². The summed E-state index contributed by atoms with van der Waals surface area (Å²) in [5.41, 5.74) is 3.48. The van der Waals surface area contributed by atoms with Gasteiger partial charge in [0.25, 0.3) is 0 Å². The first-order valence-corrected chi connectivity index (χ1v) is 10.4. The Morgan fingerprint density at radius 1 is 1.06 bits per heavy atom. The molecule has 1 saturated heterocycles. The molecule has 2 aromatic carbocycles. The van der Waals surface area contributed by atoms with Crippen LogP contribution in [0.4, 0.5) is 15.8 Å². The van der Waals surface area contributed by atoms with Crippen molar-refractivity contribution in [3.05, 3.63) is 77.8 Å². The number of anilines is 2. The van der Waals surface area contributed by atoms with Crippen molar-refractivity contribution >= 4 is 23.4 Å². The summed E-state index contributed by atoms with van der Waals surface area (Å²) >= 11 is 0. The predicted octanol–water partition coefficient (Wildman–Crippen LogP) is 4.80. The molecule has 2 heterocycles. The second-order valence-electron chi connectivity index (χ2n) is 7.80. The van der Waals surface area contributed by atoms with Gasteiger partial charge in [-0.05, 0) is 68.1 Å². The maximum atomic E-state index is 13.9. The lowest BCUT2D eigenvalue weighted by atomic mass is 10.1. The van der Waals surface area contributed by atoms with Crippen LogP contribution in [0.15, 0.2) is 65.1 Å². The number of carbonyl (C=O) groups is 1. The molecular weight excluding hydrogens is 393 g/mol. The lowest BCUT2D eigenvalue weighted by molar-refractivity contribution is -0.111. The van der Waals surface area contributed by atoms with Gasteiger partial charge in [-0.1, -0.05) is 12.1 Å². The number of likely N-dealkylation sites (N-methyl/N-ethyl adjacent to an activating group) is 1. The molecule has 1 amide bonds. The minimum absolute atomic E-state index is 0.254. The quantitative estimate of drug-likeness (QED) is 0.604. The first kappa shape index (κ1) is 20.9. The molecule has 0 bridgehead atoms. The highest BCUT2D eigenvalue weighted by molar-refractivity contribution is 6.02. The van der Waals surface area contributed by atoms with Gasteiger partial charge >= 0.3 is 0 Å². The fourth-order valence-electron chi connectivity index (χ4n) is 3.73. The molecular formula is C25H26FN3O2. The number of rotatable bonds is 5. The first-order valence-electron chi connectivity index (χ1n) is 10.4. The Hall–Kier alpha value is -3.38. The lowest BCUT2D eigenvalue weighted by Crippen LogP contribution is -2.44. The summed E-state index contributed by atoms with van der Waals surface area (Å²) in [4.78, 5) is 17.0. The monoisotopic (exact) mass is 419 g/mol. The van der Waals surface area contributed by atoms with Crippen molar-refractivity contribution in [2.75, 3.05) is 43.4 Å². The predicted molar refractivity (Wildman–Crippen MR) is 123 cm³/mol. The lowest BCUT2D eigenvalue weighted by Gasteiger charge is -2.35. The standard InChI is InChI=1S/C25H26FN3O2/c1-18-17-19(7-10-23(18)29-15-13-28(2)14-16-29)27-25(30)12-9-20-8-11-24(31-20)21-5-3-4-6-22(21)26/h3-12,17H,13-16H2,1-2H3,(H,27,30). The first-order chi connectivity index (χ1) is 15.0. The van der Waals surface area contributed by atoms with E-state index in [4.69, 9.17) is 4.42 Å². The highest BCUT2D eigenvalue weighted by Gasteiger charge is 2.16. The normalized spacial score (nSPS) is 14.9. The van der Waals surface area contributed by atoms with Gasteiger partial charge in [-0.15, -0.1) is 0 Å². The number of halogens is 1. The van der Waals surface area contributed by atoms with Crippen LogP contribution in [0.5, 0.6) is 0 Å². The van der Waals surface area contributed by atoms with E-state index < -0.39 is 0 Å². The molecule has 1 aliphatic rings. The van der Waals surface area contributed by atoms with Crippen molar-refractivity contribution in [1.82, 2.24) is 4.90 Å². The van der Waals surface area contributed by atoms with Gasteiger partial charge in [-0.3, -0.25) is 4.79 Å². The fraction of sp³-hybridized carbons (Fsp3) is 0.240. The molecule has 0 radical (unpaired) electrons. The Morgan fingerprint density at radius 3 is 2.58 bits per heavy atom. The number of benzene rings is 2. The zero-order valence-electron chi connectivity index (χ0n) is 17.8. The maximum Gasteiger partial charge on any atom is 0.248 e. The second-order valence-corrected chi connectivity index (χ2v) is 7.80. The third kappa shape index (κ3) is 5.03. The number of piperazine rings is 1. The molecule has 0 aliphatic carbocycles. The molecule has 0 atom stereocenters. The van der Waals surface area contributed by atoms with Crippen molar-refractivity contribution in [3.8, 4) is 11.3 Å². The van der Waals surface area contributed by atoms with Crippen LogP contribution in [0, 0.1) is 12.7 Å². The van der Waals surface area contributed by atoms with Gasteiger partial charge in [-0.2, -0.15) is 0 Å². The average molecular weight is 420 g/mol. The second kappa shape index (κ2) is 9.18. The summed E-state index contributed by atoms with van der Waals surface area (Å²) in [5, 5.41) is 2.88. The highest BCUT2D eigenvalue weighted by atomic mass is 19.1. The van der Waals surface area contributed by atoms with Crippen molar-refractivity contribution in [1.29, 1.82) is 0 Å². The van der Waals surface area contributed by atoms with Gasteiger partial charge in [0.1, 0.15) is 17.3 Å². The number of hydrogen-bond donors (Lipinski definition) is 1. The average Bonchev–Trinajstić information content (AvgIpc) is 3.22. The summed E-state index contributed by atoms with van der Waals surface area (Å²) in [6, 6.07) is 15.8. The summed E-state index contributed by atoms with van der Waals surface area (Å²) in [7, 11) is 2.14. The van der Waals surface area contributed by atoms with Crippen LogP contribution in [0.2, 0.25) is 0 Å². The van der Waals surface area contributed by atoms with E-state index in [-0.39, 0.29) is 11.7 Å². The SMILES string of the molecule is Cc1cc(NC(=O)C=Cc2ccc(-c3ccccc3F)o2)ccc1N1CCN(C)CC1. The Balaban J connectivity index is 1.38. The Kier molecular flexibility index (Phi) is 6.18. The van der Waals surface area contributed by atoms with Crippen molar-refractivity contribution < 1.29 is 13.6 Å². The molecule has 1 aliphatic heterocycles. The molecule has 31 heavy (non-hydrogen) atoms. The topological polar surface area (TPSA) is 48.7 Å². The Labute approximate surface area is 181 Å². The molecule has 0 saturated carbocycles. The van der Waals surface area contributed by atoms with E-state index in [0.29, 0.717) is 17.1 Å². The van der Waals surface area contributed by atoms with Crippen LogP contribution < -0.4 is 10.2 Å². The van der Waals surface area contributed by atoms with Crippen LogP contribution in [0.3, 0.4) is 0 Å². The fourth-order valence-corrected chi connectivity index (χ4v) is 3.73. The Bertz CT molecular complexity index is 1100. The molecule has 160 valence electrons. The zero-order chi connectivity index (χ0) is 21.8. The van der Waals surface area contributed by atoms with Gasteiger partial charge in [0.15, 0.2) is 0 Å². The molecule has 1 fully saturated rings. The molecule has 0 spiro atoms. The molecule has 4 rings (SSSR count). The van der Waals surface area contributed by atoms with Gasteiger partial charge in [0.05, 0.1) is 5.56 Å². The zero-order valence-corrected chi connectivity index (χ0v) is 17.8. The number of hydrogen-bond acceptors (Lipinski definition) is 4. The molecule has 1 aromatic heterocycles. The van der Waals surface area contributed by atoms with Crippen LogP contribution in [-0.2, 0) is 4.79 Å². The summed E-state index contributed by atoms with van der Waals surface area (Å²) in [6.45, 7) is 6.17. The van der Waals surface area contributed by atoms with E-state index in [2.05, 4.69) is 35.2 Å². The van der Waals surface area contributed by atoms with Crippen molar-refractivity contribution in [3.63, 3.8) is 0 Å². The molecule has 6 heteroatoms. The third-order valence-electron chi connectivity index (χ3n) is 5.47. The van der Waals surface area contributed by atoms with E-state index in [9.17, 15) is 9.18 Å². The molecule has 1 N–H and O–H groups in total. The smallest absolute Gasteiger partial charge is 0.248 e. The third-order valence-corrected chi connectivity index (χ3v) is 5.47. The number of carbonyl (C=O) groups excluding carboxylic acids is 1. The van der Waals surface area contributed by atoms with Crippen LogP contribution in [-0.4, -0.2) is 44.0 Å². The van der Waals surface area contributed by atoms with Crippen LogP contribution in [0.25, 0.3) is 17.4 Å². The maximum absolute atomic E-state index is 13.9. The Morgan fingerprint density at radius 2 is 1.84 bits per heavy atom. The van der Waals surface area contributed by atoms with Gasteiger partial charge < -0.3 is 19.5 Å². The number of furan rings is 1. The largest absolute Gasteiger partial charge is 0.457 e. The van der Waals surface area contributed by atoms with Gasteiger partial charge in [-0.25, -0.2) is 4.39 Å². The number of nitrogens with zero attached hydrogens (tertiary/aromatic N) is 2. The molecule has 0 unspecified atom stereocenters. The van der Waals surface area contributed by atoms with Crippen LogP contribution in [0.1, 0.15) is 11.3 Å². The van der Waals surface area contributed by atoms with E-state index in [0.717, 1.165) is 37.4 Å². The van der Waals surface area contributed by atoms with Crippen molar-refractivity contribution in [2.24, 2.45) is 0 Å². The van der Waals surface area contributed by atoms with Gasteiger partial charge in [0, 0.05) is 43.6 Å². The number of amides is 1. The highest BCUT2D eigenvalue weighted by Crippen LogP contribution is 2.26. The van der Waals surface area contributed by atoms with E-state index in [1.54, 1.807) is 36.4 Å². The minimum atomic E-state index is -0.347. The van der Waals surface area contributed by atoms with E-state index >= 15 is 0 Å². The molecule has 3 aromatic rings. The number of nitrogens with one attached hydrogen (secondary N) is 1. The summed E-state index contributed by atoms with van der Waals surface area (Å²) in [5.74, 6) is 0.305. The number of aryl methyl sites for hydroxylation is 1. The summed E-state index contributed by atoms with van der Waals surface area (Å²) in [6.07, 6.45) is 2.98. The summed E-state index contributed by atoms with van der Waals surface area (Å²) < 4.78 is 19.5. The van der Waals surface area contributed by atoms with Crippen LogP contribution >= 0.6 is 0 Å².